The van der Waals surface area contributed by atoms with Crippen LogP contribution in [-0.4, -0.2) is 26.8 Å². The molecule has 0 aliphatic heterocycles. The van der Waals surface area contributed by atoms with Crippen molar-refractivity contribution in [3.63, 3.8) is 0 Å². The molecule has 0 fully saturated rings. The van der Waals surface area contributed by atoms with Gasteiger partial charge in [0.1, 0.15) is 4.88 Å². The van der Waals surface area contributed by atoms with Gasteiger partial charge in [0, 0.05) is 22.2 Å². The molecule has 4 rings (SSSR count). The third-order valence-corrected chi connectivity index (χ3v) is 6.69. The maximum Gasteiger partial charge on any atom is 0.277 e. The lowest BCUT2D eigenvalue weighted by molar-refractivity contribution is -0.384. The third-order valence-electron chi connectivity index (χ3n) is 3.90. The first kappa shape index (κ1) is 20.6. The maximum absolute atomic E-state index is 12.2. The molecule has 1 N–H and O–H groups in total. The highest BCUT2D eigenvalue weighted by molar-refractivity contribution is 7.99. The van der Waals surface area contributed by atoms with E-state index in [-0.39, 0.29) is 39.2 Å². The monoisotopic (exact) mass is 480 g/mol. The van der Waals surface area contributed by atoms with Crippen molar-refractivity contribution < 1.29 is 14.1 Å². The van der Waals surface area contributed by atoms with Gasteiger partial charge in [0.25, 0.3) is 16.8 Å². The van der Waals surface area contributed by atoms with Crippen LogP contribution in [0.25, 0.3) is 20.9 Å². The Morgan fingerprint density at radius 2 is 2.03 bits per heavy atom. The van der Waals surface area contributed by atoms with E-state index < -0.39 is 4.92 Å². The number of thiophene rings is 1. The third kappa shape index (κ3) is 4.26. The van der Waals surface area contributed by atoms with Crippen LogP contribution in [0.5, 0.6) is 0 Å². The van der Waals surface area contributed by atoms with E-state index >= 15 is 0 Å². The Hall–Kier alpha value is -2.66. The number of carbonyl (C=O) groups excluding carboxylic acids is 1. The summed E-state index contributed by atoms with van der Waals surface area (Å²) in [6.07, 6.45) is 0. The zero-order valence-electron chi connectivity index (χ0n) is 14.8. The molecule has 0 bridgehead atoms. The number of benzene rings is 2. The van der Waals surface area contributed by atoms with Crippen LogP contribution >= 0.6 is 46.3 Å². The number of rotatable bonds is 6. The highest BCUT2D eigenvalue weighted by Crippen LogP contribution is 2.41. The highest BCUT2D eigenvalue weighted by Gasteiger charge is 2.18. The number of fused-ring (bicyclic) bond motifs is 1. The molecule has 2 aromatic heterocycles. The second-order valence-corrected chi connectivity index (χ2v) is 8.64. The number of hydrogen-bond acceptors (Lipinski definition) is 8. The van der Waals surface area contributed by atoms with E-state index in [1.54, 1.807) is 0 Å². The number of aromatic nitrogens is 2. The van der Waals surface area contributed by atoms with E-state index in [0.29, 0.717) is 9.90 Å². The van der Waals surface area contributed by atoms with E-state index in [0.717, 1.165) is 21.8 Å². The zero-order valence-corrected chi connectivity index (χ0v) is 17.9. The summed E-state index contributed by atoms with van der Waals surface area (Å²) in [5.41, 5.74) is 0.113. The van der Waals surface area contributed by atoms with E-state index in [1.165, 1.54) is 29.5 Å². The van der Waals surface area contributed by atoms with Crippen LogP contribution in [0.1, 0.15) is 0 Å². The van der Waals surface area contributed by atoms with E-state index in [4.69, 9.17) is 27.6 Å². The number of nitro benzene ring substituents is 1. The minimum Gasteiger partial charge on any atom is -0.410 e. The molecule has 30 heavy (non-hydrogen) atoms. The van der Waals surface area contributed by atoms with Gasteiger partial charge < -0.3 is 9.73 Å². The Kier molecular flexibility index (Phi) is 5.91. The molecule has 0 spiro atoms. The number of nitrogens with zero attached hydrogens (tertiary/aromatic N) is 3. The Labute approximate surface area is 187 Å². The van der Waals surface area contributed by atoms with E-state index in [1.807, 2.05) is 24.3 Å². The van der Waals surface area contributed by atoms with Crippen molar-refractivity contribution in [2.45, 2.75) is 5.22 Å². The fourth-order valence-corrected chi connectivity index (χ4v) is 4.76. The van der Waals surface area contributed by atoms with Crippen LogP contribution in [0.15, 0.2) is 52.1 Å². The molecule has 4 aromatic rings. The molecule has 0 saturated heterocycles. The zero-order chi connectivity index (χ0) is 21.3. The number of amides is 1. The largest absolute Gasteiger partial charge is 0.410 e. The van der Waals surface area contributed by atoms with Gasteiger partial charge in [-0.1, -0.05) is 53.2 Å². The van der Waals surface area contributed by atoms with Crippen molar-refractivity contribution in [3.8, 4) is 10.8 Å². The summed E-state index contributed by atoms with van der Waals surface area (Å²) in [5.74, 6) is -0.118. The second-order valence-electron chi connectivity index (χ2n) is 5.87. The average Bonchev–Trinajstić information content (AvgIpc) is 3.32. The van der Waals surface area contributed by atoms with Crippen molar-refractivity contribution in [2.24, 2.45) is 0 Å². The molecule has 2 aromatic carbocycles. The van der Waals surface area contributed by atoms with E-state index in [9.17, 15) is 14.9 Å². The van der Waals surface area contributed by atoms with Gasteiger partial charge in [-0.3, -0.25) is 14.9 Å². The van der Waals surface area contributed by atoms with Crippen LogP contribution in [0.2, 0.25) is 10.0 Å². The van der Waals surface area contributed by atoms with Crippen molar-refractivity contribution in [3.05, 3.63) is 62.6 Å². The minimum atomic E-state index is -0.566. The van der Waals surface area contributed by atoms with Crippen molar-refractivity contribution in [2.75, 3.05) is 11.1 Å². The summed E-state index contributed by atoms with van der Waals surface area (Å²) in [6, 6.07) is 11.5. The SMILES string of the molecule is O=C(CSc1nnc(-c2sc3ccccc3c2Cl)o1)Nc1ccc([N+](=O)[O-])cc1Cl. The smallest absolute Gasteiger partial charge is 0.277 e. The Balaban J connectivity index is 1.41. The molecule has 8 nitrogen and oxygen atoms in total. The summed E-state index contributed by atoms with van der Waals surface area (Å²) in [4.78, 5) is 23.0. The van der Waals surface area contributed by atoms with Crippen molar-refractivity contribution in [1.82, 2.24) is 10.2 Å². The summed E-state index contributed by atoms with van der Waals surface area (Å²) >= 11 is 14.9. The van der Waals surface area contributed by atoms with Crippen LogP contribution < -0.4 is 5.32 Å². The fraction of sp³-hybridized carbons (Fsp3) is 0.0556. The first-order valence-electron chi connectivity index (χ1n) is 8.30. The van der Waals surface area contributed by atoms with Crippen LogP contribution in [0.4, 0.5) is 11.4 Å². The number of carbonyl (C=O) groups is 1. The standard InChI is InChI=1S/C18H10Cl2N4O4S2/c19-11-7-9(24(26)27)5-6-12(11)21-14(25)8-29-18-23-22-17(28-18)16-15(20)10-3-1-2-4-13(10)30-16/h1-7H,8H2,(H,21,25). The van der Waals surface area contributed by atoms with Crippen LogP contribution in [-0.2, 0) is 4.79 Å². The molecular weight excluding hydrogens is 471 g/mol. The number of anilines is 1. The summed E-state index contributed by atoms with van der Waals surface area (Å²) in [5, 5.41) is 23.0. The molecular formula is C18H10Cl2N4O4S2. The van der Waals surface area contributed by atoms with Gasteiger partial charge in [-0.25, -0.2) is 0 Å². The van der Waals surface area contributed by atoms with E-state index in [2.05, 4.69) is 15.5 Å². The fourth-order valence-electron chi connectivity index (χ4n) is 2.54. The van der Waals surface area contributed by atoms with Crippen molar-refractivity contribution in [1.29, 1.82) is 0 Å². The molecule has 12 heteroatoms. The molecule has 0 aliphatic rings. The van der Waals surface area contributed by atoms with Crippen LogP contribution in [0, 0.1) is 10.1 Å². The molecule has 1 amide bonds. The topological polar surface area (TPSA) is 111 Å². The molecule has 2 heterocycles. The first-order chi connectivity index (χ1) is 14.4. The number of nitrogens with one attached hydrogen (secondary N) is 1. The number of halogens is 2. The Morgan fingerprint density at radius 3 is 2.77 bits per heavy atom. The predicted octanol–water partition coefficient (Wildman–Crippen LogP) is 5.90. The normalized spacial score (nSPS) is 11.0. The van der Waals surface area contributed by atoms with Gasteiger partial charge in [-0.2, -0.15) is 0 Å². The number of hydrogen-bond donors (Lipinski definition) is 1. The predicted molar refractivity (Wildman–Crippen MR) is 118 cm³/mol. The molecule has 0 aliphatic carbocycles. The lowest BCUT2D eigenvalue weighted by Crippen LogP contribution is -2.14. The second kappa shape index (κ2) is 8.60. The highest BCUT2D eigenvalue weighted by atomic mass is 35.5. The molecule has 0 unspecified atom stereocenters. The van der Waals surface area contributed by atoms with Gasteiger partial charge in [0.2, 0.25) is 5.91 Å². The number of thioether (sulfide) groups is 1. The Bertz CT molecular complexity index is 1270. The molecule has 0 radical (unpaired) electrons. The average molecular weight is 481 g/mol. The summed E-state index contributed by atoms with van der Waals surface area (Å²) < 4.78 is 6.64. The quantitative estimate of drug-likeness (QED) is 0.207. The van der Waals surface area contributed by atoms with Gasteiger partial charge in [0.15, 0.2) is 0 Å². The number of nitro groups is 1. The lowest BCUT2D eigenvalue weighted by Gasteiger charge is -2.05. The van der Waals surface area contributed by atoms with Gasteiger partial charge in [-0.05, 0) is 12.1 Å². The first-order valence-corrected chi connectivity index (χ1v) is 10.9. The van der Waals surface area contributed by atoms with Crippen LogP contribution in [0.3, 0.4) is 0 Å². The number of non-ortho nitro benzene ring substituents is 1. The summed E-state index contributed by atoms with van der Waals surface area (Å²) in [6.45, 7) is 0. The molecule has 0 atom stereocenters. The summed E-state index contributed by atoms with van der Waals surface area (Å²) in [7, 11) is 0. The maximum atomic E-state index is 12.2. The van der Waals surface area contributed by atoms with Gasteiger partial charge in [-0.15, -0.1) is 21.5 Å². The minimum absolute atomic E-state index is 0.0188. The van der Waals surface area contributed by atoms with Gasteiger partial charge >= 0.3 is 0 Å². The van der Waals surface area contributed by atoms with Gasteiger partial charge in [0.05, 0.1) is 26.4 Å². The lowest BCUT2D eigenvalue weighted by atomic mass is 10.2. The Morgan fingerprint density at radius 1 is 1.23 bits per heavy atom. The molecule has 152 valence electrons. The van der Waals surface area contributed by atoms with Crippen molar-refractivity contribution >= 4 is 73.7 Å². The molecule has 0 saturated carbocycles.